The normalized spacial score (nSPS) is 12.8. The summed E-state index contributed by atoms with van der Waals surface area (Å²) in [5, 5.41) is 18.2. The van der Waals surface area contributed by atoms with E-state index in [2.05, 4.69) is 15.0 Å². The molecule has 6 heteroatoms. The van der Waals surface area contributed by atoms with Gasteiger partial charge in [0.1, 0.15) is 5.82 Å². The molecule has 0 saturated heterocycles. The molecule has 0 spiro atoms. The van der Waals surface area contributed by atoms with Crippen molar-refractivity contribution < 1.29 is 15.0 Å². The number of aryl methyl sites for hydroxylation is 1. The minimum Gasteiger partial charge on any atom is -0.478 e. The fourth-order valence-electron chi connectivity index (χ4n) is 1.60. The number of hydrogen-bond acceptors (Lipinski definition) is 4. The molecule has 1 unspecified atom stereocenters. The lowest BCUT2D eigenvalue weighted by atomic mass is 10.2. The van der Waals surface area contributed by atoms with Gasteiger partial charge in [0.05, 0.1) is 17.2 Å². The van der Waals surface area contributed by atoms with Crippen LogP contribution in [0, 0.1) is 0 Å². The Morgan fingerprint density at radius 3 is 3.00 bits per heavy atom. The largest absolute Gasteiger partial charge is 0.478 e. The third kappa shape index (κ3) is 2.42. The monoisotopic (exact) mass is 235 g/mol. The van der Waals surface area contributed by atoms with Crippen molar-refractivity contribution in [3.8, 4) is 0 Å². The molecule has 0 aliphatic heterocycles. The second kappa shape index (κ2) is 4.50. The van der Waals surface area contributed by atoms with Crippen molar-refractivity contribution in [3.05, 3.63) is 23.7 Å². The Balaban J connectivity index is 2.36. The number of nitrogens with zero attached hydrogens (tertiary/aromatic N) is 2. The molecule has 0 radical (unpaired) electrons. The molecule has 1 atom stereocenters. The van der Waals surface area contributed by atoms with E-state index in [0.29, 0.717) is 29.8 Å². The lowest BCUT2D eigenvalue weighted by Crippen LogP contribution is -2.02. The van der Waals surface area contributed by atoms with E-state index in [0.717, 1.165) is 0 Å². The molecule has 2 aromatic heterocycles. The number of aromatic nitrogens is 3. The number of pyridine rings is 1. The first-order valence-electron chi connectivity index (χ1n) is 5.33. The molecule has 0 aromatic carbocycles. The zero-order chi connectivity index (χ0) is 12.4. The maximum Gasteiger partial charge on any atom is 0.338 e. The first-order valence-corrected chi connectivity index (χ1v) is 5.33. The third-order valence-corrected chi connectivity index (χ3v) is 2.47. The van der Waals surface area contributed by atoms with Gasteiger partial charge in [-0.25, -0.2) is 14.8 Å². The summed E-state index contributed by atoms with van der Waals surface area (Å²) in [6.07, 6.45) is 2.15. The van der Waals surface area contributed by atoms with E-state index in [1.807, 2.05) is 0 Å². The van der Waals surface area contributed by atoms with E-state index in [9.17, 15) is 9.90 Å². The standard InChI is InChI=1S/C11H13N3O3/c1-6(15)2-3-8-13-9-7(11(16)17)4-5-12-10(9)14-8/h4-6,15H,2-3H2,1H3,(H,16,17)(H,12,13,14). The number of aromatic amines is 1. The van der Waals surface area contributed by atoms with Gasteiger partial charge in [0.15, 0.2) is 5.65 Å². The van der Waals surface area contributed by atoms with Crippen LogP contribution in [0.4, 0.5) is 0 Å². The molecule has 0 saturated carbocycles. The summed E-state index contributed by atoms with van der Waals surface area (Å²) < 4.78 is 0. The summed E-state index contributed by atoms with van der Waals surface area (Å²) in [6.45, 7) is 1.70. The molecule has 0 bridgehead atoms. The maximum atomic E-state index is 11.0. The topological polar surface area (TPSA) is 99.1 Å². The Morgan fingerprint density at radius 2 is 2.35 bits per heavy atom. The van der Waals surface area contributed by atoms with Crippen LogP contribution >= 0.6 is 0 Å². The predicted octanol–water partition coefficient (Wildman–Crippen LogP) is 0.969. The number of rotatable bonds is 4. The van der Waals surface area contributed by atoms with Gasteiger partial charge in [0.2, 0.25) is 0 Å². The van der Waals surface area contributed by atoms with E-state index in [4.69, 9.17) is 5.11 Å². The first-order chi connectivity index (χ1) is 8.08. The molecule has 2 heterocycles. The molecular weight excluding hydrogens is 222 g/mol. The fourth-order valence-corrected chi connectivity index (χ4v) is 1.60. The maximum absolute atomic E-state index is 11.0. The van der Waals surface area contributed by atoms with Crippen LogP contribution in [0.1, 0.15) is 29.5 Å². The van der Waals surface area contributed by atoms with Crippen LogP contribution in [0.25, 0.3) is 11.2 Å². The minimum absolute atomic E-state index is 0.158. The van der Waals surface area contributed by atoms with Crippen molar-refractivity contribution in [1.82, 2.24) is 15.0 Å². The van der Waals surface area contributed by atoms with E-state index < -0.39 is 12.1 Å². The number of carboxylic acid groups (broad SMARTS) is 1. The highest BCUT2D eigenvalue weighted by molar-refractivity contribution is 5.99. The quantitative estimate of drug-likeness (QED) is 0.733. The predicted molar refractivity (Wildman–Crippen MR) is 60.8 cm³/mol. The van der Waals surface area contributed by atoms with Gasteiger partial charge in [0, 0.05) is 12.6 Å². The molecule has 3 N–H and O–H groups in total. The fraction of sp³-hybridized carbons (Fsp3) is 0.364. The Morgan fingerprint density at radius 1 is 1.59 bits per heavy atom. The third-order valence-electron chi connectivity index (χ3n) is 2.47. The van der Waals surface area contributed by atoms with Gasteiger partial charge in [-0.05, 0) is 19.4 Å². The second-order valence-electron chi connectivity index (χ2n) is 3.93. The number of carbonyl (C=O) groups is 1. The Hall–Kier alpha value is -1.95. The van der Waals surface area contributed by atoms with Gasteiger partial charge in [-0.15, -0.1) is 0 Å². The van der Waals surface area contributed by atoms with E-state index >= 15 is 0 Å². The van der Waals surface area contributed by atoms with Crippen molar-refractivity contribution in [1.29, 1.82) is 0 Å². The summed E-state index contributed by atoms with van der Waals surface area (Å²) >= 11 is 0. The van der Waals surface area contributed by atoms with Crippen LogP contribution in [0.15, 0.2) is 12.3 Å². The van der Waals surface area contributed by atoms with Crippen molar-refractivity contribution >= 4 is 17.1 Å². The summed E-state index contributed by atoms with van der Waals surface area (Å²) in [4.78, 5) is 22.1. The Labute approximate surface area is 97.3 Å². The zero-order valence-electron chi connectivity index (χ0n) is 9.34. The van der Waals surface area contributed by atoms with Crippen LogP contribution < -0.4 is 0 Å². The average Bonchev–Trinajstić information content (AvgIpc) is 2.68. The summed E-state index contributed by atoms with van der Waals surface area (Å²) in [5.74, 6) is -0.370. The van der Waals surface area contributed by atoms with Gasteiger partial charge in [-0.2, -0.15) is 0 Å². The number of hydrogen-bond donors (Lipinski definition) is 3. The number of fused-ring (bicyclic) bond motifs is 1. The van der Waals surface area contributed by atoms with Crippen molar-refractivity contribution in [3.63, 3.8) is 0 Å². The lowest BCUT2D eigenvalue weighted by Gasteiger charge is -1.99. The molecule has 17 heavy (non-hydrogen) atoms. The molecule has 6 nitrogen and oxygen atoms in total. The van der Waals surface area contributed by atoms with Gasteiger partial charge in [-0.1, -0.05) is 0 Å². The van der Waals surface area contributed by atoms with Crippen molar-refractivity contribution in [2.45, 2.75) is 25.9 Å². The number of aromatic carboxylic acids is 1. The number of aliphatic hydroxyl groups is 1. The minimum atomic E-state index is -1.01. The van der Waals surface area contributed by atoms with Crippen molar-refractivity contribution in [2.24, 2.45) is 0 Å². The molecule has 2 aromatic rings. The molecular formula is C11H13N3O3. The number of carboxylic acids is 1. The summed E-state index contributed by atoms with van der Waals surface area (Å²) in [5.41, 5.74) is 0.983. The van der Waals surface area contributed by atoms with Crippen LogP contribution in [-0.4, -0.2) is 37.2 Å². The van der Waals surface area contributed by atoms with Gasteiger partial charge >= 0.3 is 5.97 Å². The second-order valence-corrected chi connectivity index (χ2v) is 3.93. The average molecular weight is 235 g/mol. The number of imidazole rings is 1. The van der Waals surface area contributed by atoms with E-state index in [-0.39, 0.29) is 5.56 Å². The van der Waals surface area contributed by atoms with Gasteiger partial charge in [-0.3, -0.25) is 0 Å². The van der Waals surface area contributed by atoms with Crippen LogP contribution in [0.2, 0.25) is 0 Å². The van der Waals surface area contributed by atoms with Gasteiger partial charge in [0.25, 0.3) is 0 Å². The van der Waals surface area contributed by atoms with Crippen LogP contribution in [0.3, 0.4) is 0 Å². The molecule has 90 valence electrons. The summed E-state index contributed by atoms with van der Waals surface area (Å²) in [6, 6.07) is 1.43. The molecule has 0 aliphatic rings. The van der Waals surface area contributed by atoms with Crippen LogP contribution in [-0.2, 0) is 6.42 Å². The number of aliphatic hydroxyl groups excluding tert-OH is 1. The Kier molecular flexibility index (Phi) is 3.06. The highest BCUT2D eigenvalue weighted by atomic mass is 16.4. The lowest BCUT2D eigenvalue weighted by molar-refractivity contribution is 0.0698. The molecule has 0 fully saturated rings. The zero-order valence-corrected chi connectivity index (χ0v) is 9.34. The van der Waals surface area contributed by atoms with E-state index in [1.165, 1.54) is 12.3 Å². The number of nitrogens with one attached hydrogen (secondary N) is 1. The van der Waals surface area contributed by atoms with Gasteiger partial charge < -0.3 is 15.2 Å². The highest BCUT2D eigenvalue weighted by Gasteiger charge is 2.13. The highest BCUT2D eigenvalue weighted by Crippen LogP contribution is 2.15. The van der Waals surface area contributed by atoms with Crippen LogP contribution in [0.5, 0.6) is 0 Å². The summed E-state index contributed by atoms with van der Waals surface area (Å²) in [7, 11) is 0. The molecule has 0 amide bonds. The first kappa shape index (κ1) is 11.5. The van der Waals surface area contributed by atoms with Crippen molar-refractivity contribution in [2.75, 3.05) is 0 Å². The molecule has 0 aliphatic carbocycles. The smallest absolute Gasteiger partial charge is 0.338 e. The number of H-pyrrole nitrogens is 1. The molecule has 2 rings (SSSR count). The Bertz CT molecular complexity index is 548. The SMILES string of the molecule is CC(O)CCc1nc2nccc(C(=O)O)c2[nH]1. The van der Waals surface area contributed by atoms with E-state index in [1.54, 1.807) is 6.92 Å².